The SMILES string of the molecule is CCC1OCCC1CNC(=O)NC(COC)C(=O)O. The molecule has 0 saturated carbocycles. The Labute approximate surface area is 112 Å². The van der Waals surface area contributed by atoms with Gasteiger partial charge in [0.15, 0.2) is 6.04 Å². The molecule has 0 aliphatic carbocycles. The first-order chi connectivity index (χ1) is 9.08. The van der Waals surface area contributed by atoms with Crippen LogP contribution in [0.5, 0.6) is 0 Å². The van der Waals surface area contributed by atoms with Crippen molar-refractivity contribution in [3.8, 4) is 0 Å². The smallest absolute Gasteiger partial charge is 0.328 e. The zero-order chi connectivity index (χ0) is 14.3. The summed E-state index contributed by atoms with van der Waals surface area (Å²) >= 11 is 0. The molecule has 0 aromatic rings. The first-order valence-corrected chi connectivity index (χ1v) is 6.46. The van der Waals surface area contributed by atoms with Crippen molar-refractivity contribution < 1.29 is 24.2 Å². The number of urea groups is 1. The second-order valence-electron chi connectivity index (χ2n) is 4.57. The Morgan fingerprint density at radius 3 is 2.84 bits per heavy atom. The fraction of sp³-hybridized carbons (Fsp3) is 0.833. The van der Waals surface area contributed by atoms with Crippen molar-refractivity contribution in [3.63, 3.8) is 0 Å². The number of carboxylic acids is 1. The van der Waals surface area contributed by atoms with Gasteiger partial charge in [0, 0.05) is 26.2 Å². The Morgan fingerprint density at radius 1 is 1.53 bits per heavy atom. The molecule has 110 valence electrons. The molecule has 1 aliphatic heterocycles. The maximum atomic E-state index is 11.6. The summed E-state index contributed by atoms with van der Waals surface area (Å²) < 4.78 is 10.3. The highest BCUT2D eigenvalue weighted by atomic mass is 16.5. The lowest BCUT2D eigenvalue weighted by atomic mass is 10.00. The van der Waals surface area contributed by atoms with Crippen LogP contribution in [0, 0.1) is 5.92 Å². The van der Waals surface area contributed by atoms with Crippen molar-refractivity contribution in [2.75, 3.05) is 26.9 Å². The number of nitrogens with one attached hydrogen (secondary N) is 2. The number of carboxylic acid groups (broad SMARTS) is 1. The van der Waals surface area contributed by atoms with Crippen molar-refractivity contribution in [1.82, 2.24) is 10.6 Å². The number of carbonyl (C=O) groups is 2. The van der Waals surface area contributed by atoms with Gasteiger partial charge in [-0.2, -0.15) is 0 Å². The van der Waals surface area contributed by atoms with Gasteiger partial charge in [-0.15, -0.1) is 0 Å². The Balaban J connectivity index is 2.32. The molecule has 7 heteroatoms. The summed E-state index contributed by atoms with van der Waals surface area (Å²) in [5.41, 5.74) is 0. The first kappa shape index (κ1) is 15.7. The lowest BCUT2D eigenvalue weighted by Gasteiger charge is -2.19. The lowest BCUT2D eigenvalue weighted by molar-refractivity contribution is -0.140. The summed E-state index contributed by atoms with van der Waals surface area (Å²) in [6.07, 6.45) is 2.00. The summed E-state index contributed by atoms with van der Waals surface area (Å²) in [7, 11) is 1.39. The number of hydrogen-bond acceptors (Lipinski definition) is 4. The van der Waals surface area contributed by atoms with Crippen molar-refractivity contribution in [2.24, 2.45) is 5.92 Å². The number of carbonyl (C=O) groups excluding carboxylic acids is 1. The van der Waals surface area contributed by atoms with Crippen LogP contribution in [0.1, 0.15) is 19.8 Å². The van der Waals surface area contributed by atoms with Gasteiger partial charge in [-0.1, -0.05) is 6.92 Å². The van der Waals surface area contributed by atoms with Gasteiger partial charge in [-0.25, -0.2) is 9.59 Å². The third-order valence-corrected chi connectivity index (χ3v) is 3.21. The molecule has 3 N–H and O–H groups in total. The monoisotopic (exact) mass is 274 g/mol. The fourth-order valence-corrected chi connectivity index (χ4v) is 2.15. The molecule has 1 rings (SSSR count). The molecule has 2 amide bonds. The van der Waals surface area contributed by atoms with Crippen molar-refractivity contribution in [2.45, 2.75) is 31.9 Å². The zero-order valence-corrected chi connectivity index (χ0v) is 11.3. The molecule has 0 bridgehead atoms. The van der Waals surface area contributed by atoms with E-state index in [1.54, 1.807) is 0 Å². The normalized spacial score (nSPS) is 23.9. The second-order valence-corrected chi connectivity index (χ2v) is 4.57. The highest BCUT2D eigenvalue weighted by Crippen LogP contribution is 2.22. The summed E-state index contributed by atoms with van der Waals surface area (Å²) in [6.45, 7) is 3.19. The maximum Gasteiger partial charge on any atom is 0.328 e. The lowest BCUT2D eigenvalue weighted by Crippen LogP contribution is -2.49. The van der Waals surface area contributed by atoms with Crippen LogP contribution in [0.3, 0.4) is 0 Å². The van der Waals surface area contributed by atoms with Crippen LogP contribution in [0.25, 0.3) is 0 Å². The molecule has 1 heterocycles. The molecule has 1 saturated heterocycles. The minimum Gasteiger partial charge on any atom is -0.480 e. The van der Waals surface area contributed by atoms with Gasteiger partial charge in [-0.3, -0.25) is 0 Å². The molecule has 0 aromatic heterocycles. The Kier molecular flexibility index (Phi) is 6.58. The zero-order valence-electron chi connectivity index (χ0n) is 11.3. The van der Waals surface area contributed by atoms with Crippen molar-refractivity contribution >= 4 is 12.0 Å². The number of methoxy groups -OCH3 is 1. The third kappa shape index (κ3) is 5.04. The van der Waals surface area contributed by atoms with E-state index in [0.29, 0.717) is 19.1 Å². The van der Waals surface area contributed by atoms with Gasteiger partial charge in [0.2, 0.25) is 0 Å². The summed E-state index contributed by atoms with van der Waals surface area (Å²) in [6, 6.07) is -1.53. The Hall–Kier alpha value is -1.34. The molecule has 0 aromatic carbocycles. The van der Waals surface area contributed by atoms with E-state index in [-0.39, 0.29) is 12.7 Å². The highest BCUT2D eigenvalue weighted by Gasteiger charge is 2.27. The van der Waals surface area contributed by atoms with E-state index in [1.165, 1.54) is 7.11 Å². The highest BCUT2D eigenvalue weighted by molar-refractivity contribution is 5.82. The van der Waals surface area contributed by atoms with Gasteiger partial charge in [-0.05, 0) is 12.8 Å². The average molecular weight is 274 g/mol. The largest absolute Gasteiger partial charge is 0.480 e. The summed E-state index contributed by atoms with van der Waals surface area (Å²) in [5.74, 6) is -0.825. The van der Waals surface area contributed by atoms with Crippen LogP contribution in [0.4, 0.5) is 4.79 Å². The molecule has 1 fully saturated rings. The van der Waals surface area contributed by atoms with E-state index < -0.39 is 18.0 Å². The van der Waals surface area contributed by atoms with Gasteiger partial charge in [0.25, 0.3) is 0 Å². The van der Waals surface area contributed by atoms with E-state index in [9.17, 15) is 9.59 Å². The first-order valence-electron chi connectivity index (χ1n) is 6.46. The molecule has 0 radical (unpaired) electrons. The standard InChI is InChI=1S/C12H22N2O5/c1-3-10-8(4-5-19-10)6-13-12(17)14-9(7-18-2)11(15)16/h8-10H,3-7H2,1-2H3,(H,15,16)(H2,13,14,17). The predicted octanol–water partition coefficient (Wildman–Crippen LogP) is 0.200. The molecular weight excluding hydrogens is 252 g/mol. The van der Waals surface area contributed by atoms with Crippen LogP contribution in [0.15, 0.2) is 0 Å². The summed E-state index contributed by atoms with van der Waals surface area (Å²) in [4.78, 5) is 22.4. The Morgan fingerprint density at radius 2 is 2.26 bits per heavy atom. The van der Waals surface area contributed by atoms with Crippen LogP contribution >= 0.6 is 0 Å². The minimum absolute atomic E-state index is 0.0626. The van der Waals surface area contributed by atoms with E-state index >= 15 is 0 Å². The molecular formula is C12H22N2O5. The predicted molar refractivity (Wildman–Crippen MR) is 68.0 cm³/mol. The van der Waals surface area contributed by atoms with Gasteiger partial charge in [0.05, 0.1) is 12.7 Å². The Bertz CT molecular complexity index is 310. The van der Waals surface area contributed by atoms with Gasteiger partial charge in [0.1, 0.15) is 0 Å². The fourth-order valence-electron chi connectivity index (χ4n) is 2.15. The van der Waals surface area contributed by atoms with Crippen LogP contribution in [0.2, 0.25) is 0 Å². The van der Waals surface area contributed by atoms with E-state index in [0.717, 1.165) is 12.8 Å². The number of ether oxygens (including phenoxy) is 2. The second kappa shape index (κ2) is 7.96. The van der Waals surface area contributed by atoms with Crippen molar-refractivity contribution in [3.05, 3.63) is 0 Å². The molecule has 7 nitrogen and oxygen atoms in total. The number of hydrogen-bond donors (Lipinski definition) is 3. The van der Waals surface area contributed by atoms with E-state index in [1.807, 2.05) is 6.92 Å². The molecule has 19 heavy (non-hydrogen) atoms. The quantitative estimate of drug-likeness (QED) is 0.616. The number of rotatable bonds is 7. The maximum absolute atomic E-state index is 11.6. The van der Waals surface area contributed by atoms with E-state index in [2.05, 4.69) is 10.6 Å². The van der Waals surface area contributed by atoms with Crippen LogP contribution < -0.4 is 10.6 Å². The molecule has 0 spiro atoms. The topological polar surface area (TPSA) is 96.9 Å². The van der Waals surface area contributed by atoms with Crippen LogP contribution in [-0.2, 0) is 14.3 Å². The summed E-state index contributed by atoms with van der Waals surface area (Å²) in [5, 5.41) is 13.9. The number of aliphatic carboxylic acids is 1. The van der Waals surface area contributed by atoms with Crippen LogP contribution in [-0.4, -0.2) is 56.1 Å². The number of amides is 2. The molecule has 1 aliphatic rings. The molecule has 3 unspecified atom stereocenters. The van der Waals surface area contributed by atoms with Gasteiger partial charge >= 0.3 is 12.0 Å². The average Bonchev–Trinajstić information content (AvgIpc) is 2.83. The minimum atomic E-state index is -1.12. The third-order valence-electron chi connectivity index (χ3n) is 3.21. The van der Waals surface area contributed by atoms with Crippen molar-refractivity contribution in [1.29, 1.82) is 0 Å². The molecule has 3 atom stereocenters. The van der Waals surface area contributed by atoms with E-state index in [4.69, 9.17) is 14.6 Å². The van der Waals surface area contributed by atoms with Gasteiger partial charge < -0.3 is 25.2 Å².